The van der Waals surface area contributed by atoms with Gasteiger partial charge < -0.3 is 14.4 Å². The van der Waals surface area contributed by atoms with Gasteiger partial charge in [-0.1, -0.05) is 6.42 Å². The van der Waals surface area contributed by atoms with E-state index in [4.69, 9.17) is 9.47 Å². The quantitative estimate of drug-likeness (QED) is 0.641. The van der Waals surface area contributed by atoms with E-state index in [0.29, 0.717) is 31.3 Å². The van der Waals surface area contributed by atoms with Gasteiger partial charge in [-0.15, -0.1) is 0 Å². The largest absolute Gasteiger partial charge is 0.495 e. The van der Waals surface area contributed by atoms with E-state index in [1.165, 1.54) is 13.2 Å². The summed E-state index contributed by atoms with van der Waals surface area (Å²) in [6.07, 6.45) is 5.27. The molecule has 0 N–H and O–H groups in total. The van der Waals surface area contributed by atoms with Crippen LogP contribution in [0.15, 0.2) is 23.1 Å². The lowest BCUT2D eigenvalue weighted by molar-refractivity contribution is 0.0432. The number of carbonyl (C=O) groups is 1. The van der Waals surface area contributed by atoms with Crippen molar-refractivity contribution in [1.29, 1.82) is 0 Å². The first kappa shape index (κ1) is 23.5. The second-order valence-electron chi connectivity index (χ2n) is 9.05. The third-order valence-electron chi connectivity index (χ3n) is 6.88. The van der Waals surface area contributed by atoms with E-state index in [1.807, 2.05) is 11.8 Å². The zero-order chi connectivity index (χ0) is 22.7. The van der Waals surface area contributed by atoms with Gasteiger partial charge in [0.25, 0.3) is 5.91 Å². The van der Waals surface area contributed by atoms with Crippen LogP contribution in [0.25, 0.3) is 0 Å². The molecule has 0 spiro atoms. The molecule has 3 heterocycles. The Kier molecular flexibility index (Phi) is 7.39. The fourth-order valence-corrected chi connectivity index (χ4v) is 6.84. The SMILES string of the molecule is COc1ccc(C(=O)N2CCN(C[C@@H]3CCCO3)CC2)cc1S(=O)(=O)N1CCCC[C@H]1C. The molecule has 3 saturated heterocycles. The molecule has 3 aliphatic rings. The molecule has 0 saturated carbocycles. The van der Waals surface area contributed by atoms with Gasteiger partial charge in [-0.3, -0.25) is 9.69 Å². The van der Waals surface area contributed by atoms with Gasteiger partial charge in [0.1, 0.15) is 10.6 Å². The molecule has 3 aliphatic heterocycles. The van der Waals surface area contributed by atoms with E-state index in [2.05, 4.69) is 4.90 Å². The van der Waals surface area contributed by atoms with Crippen molar-refractivity contribution in [2.45, 2.75) is 56.1 Å². The maximum Gasteiger partial charge on any atom is 0.253 e. The molecule has 32 heavy (non-hydrogen) atoms. The van der Waals surface area contributed by atoms with Gasteiger partial charge in [0.15, 0.2) is 0 Å². The monoisotopic (exact) mass is 465 g/mol. The Balaban J connectivity index is 1.47. The van der Waals surface area contributed by atoms with Crippen molar-refractivity contribution >= 4 is 15.9 Å². The molecule has 1 amide bonds. The summed E-state index contributed by atoms with van der Waals surface area (Å²) in [5.41, 5.74) is 0.390. The van der Waals surface area contributed by atoms with Crippen LogP contribution in [0.4, 0.5) is 0 Å². The number of piperidine rings is 1. The molecule has 0 radical (unpaired) electrons. The third kappa shape index (κ3) is 4.95. The number of sulfonamides is 1. The van der Waals surface area contributed by atoms with Crippen LogP contribution in [0.3, 0.4) is 0 Å². The van der Waals surface area contributed by atoms with E-state index in [9.17, 15) is 13.2 Å². The number of carbonyl (C=O) groups excluding carboxylic acids is 1. The van der Waals surface area contributed by atoms with Crippen molar-refractivity contribution in [1.82, 2.24) is 14.1 Å². The molecule has 1 aromatic carbocycles. The number of rotatable bonds is 6. The van der Waals surface area contributed by atoms with Crippen LogP contribution in [-0.4, -0.2) is 93.6 Å². The summed E-state index contributed by atoms with van der Waals surface area (Å²) in [6, 6.07) is 4.70. The van der Waals surface area contributed by atoms with E-state index in [-0.39, 0.29) is 22.6 Å². The number of ether oxygens (including phenoxy) is 2. The lowest BCUT2D eigenvalue weighted by Crippen LogP contribution is -2.50. The molecule has 178 valence electrons. The number of piperazine rings is 1. The molecule has 1 aromatic rings. The lowest BCUT2D eigenvalue weighted by Gasteiger charge is -2.36. The first-order valence-electron chi connectivity index (χ1n) is 11.7. The molecular formula is C23H35N3O5S. The summed E-state index contributed by atoms with van der Waals surface area (Å²) in [4.78, 5) is 17.4. The van der Waals surface area contributed by atoms with Crippen LogP contribution in [0.5, 0.6) is 5.75 Å². The minimum absolute atomic E-state index is 0.0604. The topological polar surface area (TPSA) is 79.4 Å². The number of benzene rings is 1. The molecule has 0 bridgehead atoms. The van der Waals surface area contributed by atoms with Crippen LogP contribution in [0.1, 0.15) is 49.4 Å². The van der Waals surface area contributed by atoms with E-state index >= 15 is 0 Å². The van der Waals surface area contributed by atoms with E-state index < -0.39 is 10.0 Å². The first-order chi connectivity index (χ1) is 15.4. The van der Waals surface area contributed by atoms with Gasteiger partial charge >= 0.3 is 0 Å². The van der Waals surface area contributed by atoms with Crippen molar-refractivity contribution < 1.29 is 22.7 Å². The second-order valence-corrected chi connectivity index (χ2v) is 10.9. The first-order valence-corrected chi connectivity index (χ1v) is 13.2. The van der Waals surface area contributed by atoms with Crippen molar-refractivity contribution in [3.05, 3.63) is 23.8 Å². The summed E-state index contributed by atoms with van der Waals surface area (Å²) in [5, 5.41) is 0. The van der Waals surface area contributed by atoms with Crippen molar-refractivity contribution in [3.63, 3.8) is 0 Å². The smallest absolute Gasteiger partial charge is 0.253 e. The number of nitrogens with zero attached hydrogens (tertiary/aromatic N) is 3. The van der Waals surface area contributed by atoms with Crippen molar-refractivity contribution in [3.8, 4) is 5.75 Å². The van der Waals surface area contributed by atoms with Gasteiger partial charge in [-0.25, -0.2) is 8.42 Å². The van der Waals surface area contributed by atoms with Crippen LogP contribution in [0.2, 0.25) is 0 Å². The second kappa shape index (κ2) is 10.1. The van der Waals surface area contributed by atoms with Crippen LogP contribution in [0, 0.1) is 0 Å². The van der Waals surface area contributed by atoms with Crippen molar-refractivity contribution in [2.24, 2.45) is 0 Å². The summed E-state index contributed by atoms with van der Waals surface area (Å²) in [7, 11) is -2.29. The van der Waals surface area contributed by atoms with Crippen LogP contribution >= 0.6 is 0 Å². The Labute approximate surface area is 191 Å². The molecule has 2 atom stereocenters. The highest BCUT2D eigenvalue weighted by Crippen LogP contribution is 2.32. The highest BCUT2D eigenvalue weighted by Gasteiger charge is 2.34. The molecule has 0 unspecified atom stereocenters. The van der Waals surface area contributed by atoms with Gasteiger partial charge in [0.2, 0.25) is 10.0 Å². The minimum atomic E-state index is -3.75. The lowest BCUT2D eigenvalue weighted by atomic mass is 10.1. The Morgan fingerprint density at radius 3 is 2.53 bits per heavy atom. The van der Waals surface area contributed by atoms with Gasteiger partial charge in [0, 0.05) is 57.5 Å². The maximum atomic E-state index is 13.4. The standard InChI is InChI=1S/C23H35N3O5S/c1-18-6-3-4-10-26(18)32(28,29)22-16-19(8-9-21(22)30-2)23(27)25-13-11-24(12-14-25)17-20-7-5-15-31-20/h8-9,16,18,20H,3-7,10-15,17H2,1-2H3/t18-,20+/m1/s1. The fraction of sp³-hybridized carbons (Fsp3) is 0.696. The molecular weight excluding hydrogens is 430 g/mol. The number of amides is 1. The van der Waals surface area contributed by atoms with Gasteiger partial charge in [-0.05, 0) is 50.8 Å². The van der Waals surface area contributed by atoms with Gasteiger partial charge in [-0.2, -0.15) is 4.31 Å². The highest BCUT2D eigenvalue weighted by atomic mass is 32.2. The summed E-state index contributed by atoms with van der Waals surface area (Å²) >= 11 is 0. The summed E-state index contributed by atoms with van der Waals surface area (Å²) < 4.78 is 39.5. The maximum absolute atomic E-state index is 13.4. The van der Waals surface area contributed by atoms with E-state index in [0.717, 1.165) is 58.3 Å². The fourth-order valence-electron chi connectivity index (χ4n) is 4.96. The molecule has 4 rings (SSSR count). The van der Waals surface area contributed by atoms with Crippen LogP contribution in [-0.2, 0) is 14.8 Å². The normalized spacial score (nSPS) is 25.8. The Morgan fingerprint density at radius 1 is 1.09 bits per heavy atom. The van der Waals surface area contributed by atoms with E-state index in [1.54, 1.807) is 16.4 Å². The zero-order valence-corrected chi connectivity index (χ0v) is 20.0. The Bertz CT molecular complexity index is 908. The Morgan fingerprint density at radius 2 is 1.88 bits per heavy atom. The Hall–Kier alpha value is -1.68. The molecule has 9 heteroatoms. The van der Waals surface area contributed by atoms with Crippen molar-refractivity contribution in [2.75, 3.05) is 53.0 Å². The highest BCUT2D eigenvalue weighted by molar-refractivity contribution is 7.89. The average Bonchev–Trinajstić information content (AvgIpc) is 3.32. The number of hydrogen-bond acceptors (Lipinski definition) is 6. The molecule has 8 nitrogen and oxygen atoms in total. The summed E-state index contributed by atoms with van der Waals surface area (Å²) in [5.74, 6) is 0.147. The average molecular weight is 466 g/mol. The van der Waals surface area contributed by atoms with Crippen LogP contribution < -0.4 is 4.74 Å². The number of methoxy groups -OCH3 is 1. The molecule has 0 aromatic heterocycles. The number of hydrogen-bond donors (Lipinski definition) is 0. The predicted octanol–water partition coefficient (Wildman–Crippen LogP) is 2.20. The molecule has 0 aliphatic carbocycles. The molecule has 3 fully saturated rings. The predicted molar refractivity (Wildman–Crippen MR) is 122 cm³/mol. The zero-order valence-electron chi connectivity index (χ0n) is 19.2. The summed E-state index contributed by atoms with van der Waals surface area (Å²) in [6.45, 7) is 7.07. The third-order valence-corrected chi connectivity index (χ3v) is 8.92. The van der Waals surface area contributed by atoms with Gasteiger partial charge in [0.05, 0.1) is 13.2 Å². The minimum Gasteiger partial charge on any atom is -0.495 e.